The molecule has 2 heterocycles. The Morgan fingerprint density at radius 3 is 2.48 bits per heavy atom. The number of benzene rings is 1. The summed E-state index contributed by atoms with van der Waals surface area (Å²) in [7, 11) is 1.34. The highest BCUT2D eigenvalue weighted by Gasteiger charge is 2.30. The summed E-state index contributed by atoms with van der Waals surface area (Å²) in [5.74, 6) is -0.196. The van der Waals surface area contributed by atoms with Gasteiger partial charge in [-0.25, -0.2) is 9.78 Å². The van der Waals surface area contributed by atoms with Crippen LogP contribution in [0.15, 0.2) is 47.7 Å². The number of hydrogen-bond donors (Lipinski definition) is 1. The fourth-order valence-corrected chi connectivity index (χ4v) is 3.24. The zero-order valence-electron chi connectivity index (χ0n) is 17.4. The van der Waals surface area contributed by atoms with Crippen molar-refractivity contribution < 1.29 is 22.7 Å². The van der Waals surface area contributed by atoms with Crippen molar-refractivity contribution in [1.82, 2.24) is 9.55 Å². The lowest BCUT2D eigenvalue weighted by Crippen LogP contribution is -2.06. The molecule has 0 unspecified atom stereocenters. The minimum Gasteiger partial charge on any atom is -0.465 e. The Morgan fingerprint density at radius 1 is 1.16 bits per heavy atom. The smallest absolute Gasteiger partial charge is 0.417 e. The molecule has 0 fully saturated rings. The van der Waals surface area contributed by atoms with E-state index in [4.69, 9.17) is 4.74 Å². The topological polar surface area (TPSA) is 68.5 Å². The van der Waals surface area contributed by atoms with Crippen LogP contribution >= 0.6 is 0 Å². The first-order chi connectivity index (χ1) is 14.6. The Morgan fingerprint density at radius 2 is 1.90 bits per heavy atom. The molecule has 6 nitrogen and oxygen atoms in total. The normalized spacial score (nSPS) is 11.7. The maximum atomic E-state index is 12.6. The Balaban J connectivity index is 1.81. The number of ether oxygens (including phenoxy) is 1. The SMILES string of the molecule is COC(=O)c1ccc(-n2c(C)cc(/C=N\Nc3ccc(C(F)(F)F)cn3)c2C)c(C)c1. The molecule has 0 aliphatic carbocycles. The number of pyridine rings is 1. The predicted molar refractivity (Wildman–Crippen MR) is 112 cm³/mol. The third kappa shape index (κ3) is 4.76. The average molecular weight is 430 g/mol. The van der Waals surface area contributed by atoms with Crippen LogP contribution in [-0.2, 0) is 10.9 Å². The van der Waals surface area contributed by atoms with E-state index in [2.05, 4.69) is 15.5 Å². The number of carbonyl (C=O) groups is 1. The molecule has 2 aromatic heterocycles. The fourth-order valence-electron chi connectivity index (χ4n) is 3.24. The minimum atomic E-state index is -4.43. The van der Waals surface area contributed by atoms with E-state index >= 15 is 0 Å². The Bertz CT molecular complexity index is 1130. The van der Waals surface area contributed by atoms with E-state index < -0.39 is 17.7 Å². The number of methoxy groups -OCH3 is 1. The molecule has 0 amide bonds. The zero-order chi connectivity index (χ0) is 22.8. The standard InChI is InChI=1S/C22H21F3N4O2/c1-13-9-16(21(30)31-4)5-7-19(13)29-14(2)10-17(15(29)3)11-27-28-20-8-6-18(12-26-20)22(23,24)25/h5-12H,1-4H3,(H,26,28)/b27-11-. The van der Waals surface area contributed by atoms with Gasteiger partial charge in [0.15, 0.2) is 0 Å². The lowest BCUT2D eigenvalue weighted by molar-refractivity contribution is -0.137. The van der Waals surface area contributed by atoms with E-state index in [1.54, 1.807) is 18.3 Å². The maximum absolute atomic E-state index is 12.6. The van der Waals surface area contributed by atoms with Gasteiger partial charge in [0.05, 0.1) is 24.5 Å². The van der Waals surface area contributed by atoms with Crippen LogP contribution < -0.4 is 5.43 Å². The number of halogens is 3. The second-order valence-electron chi connectivity index (χ2n) is 6.95. The molecule has 3 aromatic rings. The molecule has 0 atom stereocenters. The molecule has 0 aliphatic heterocycles. The van der Waals surface area contributed by atoms with Gasteiger partial charge in [0.25, 0.3) is 0 Å². The summed E-state index contributed by atoms with van der Waals surface area (Å²) in [6.07, 6.45) is -2.10. The summed E-state index contributed by atoms with van der Waals surface area (Å²) in [5.41, 5.74) is 6.81. The summed E-state index contributed by atoms with van der Waals surface area (Å²) in [4.78, 5) is 15.5. The van der Waals surface area contributed by atoms with Gasteiger partial charge < -0.3 is 9.30 Å². The van der Waals surface area contributed by atoms with Crippen LogP contribution in [0.5, 0.6) is 0 Å². The van der Waals surface area contributed by atoms with E-state index in [-0.39, 0.29) is 5.82 Å². The van der Waals surface area contributed by atoms with Crippen LogP contribution in [0.2, 0.25) is 0 Å². The van der Waals surface area contributed by atoms with Gasteiger partial charge in [-0.1, -0.05) is 0 Å². The second-order valence-corrected chi connectivity index (χ2v) is 6.95. The van der Waals surface area contributed by atoms with Crippen molar-refractivity contribution in [2.24, 2.45) is 5.10 Å². The van der Waals surface area contributed by atoms with E-state index in [9.17, 15) is 18.0 Å². The zero-order valence-corrected chi connectivity index (χ0v) is 17.4. The molecule has 0 saturated heterocycles. The first kappa shape index (κ1) is 22.1. The first-order valence-corrected chi connectivity index (χ1v) is 9.32. The molecule has 162 valence electrons. The van der Waals surface area contributed by atoms with Crippen molar-refractivity contribution in [3.8, 4) is 5.69 Å². The highest BCUT2D eigenvalue weighted by atomic mass is 19.4. The summed E-state index contributed by atoms with van der Waals surface area (Å²) < 4.78 is 44.6. The molecule has 0 saturated carbocycles. The number of hydrogen-bond acceptors (Lipinski definition) is 5. The molecule has 9 heteroatoms. The van der Waals surface area contributed by atoms with E-state index in [1.165, 1.54) is 13.2 Å². The molecule has 0 spiro atoms. The quantitative estimate of drug-likeness (QED) is 0.349. The van der Waals surface area contributed by atoms with Crippen LogP contribution in [0, 0.1) is 20.8 Å². The minimum absolute atomic E-state index is 0.201. The number of nitrogens with zero attached hydrogens (tertiary/aromatic N) is 3. The third-order valence-electron chi connectivity index (χ3n) is 4.80. The van der Waals surface area contributed by atoms with Gasteiger partial charge in [0.1, 0.15) is 5.82 Å². The lowest BCUT2D eigenvalue weighted by atomic mass is 10.1. The molecule has 0 aliphatic rings. The van der Waals surface area contributed by atoms with Crippen LogP contribution in [0.4, 0.5) is 19.0 Å². The fraction of sp³-hybridized carbons (Fsp3) is 0.227. The number of aromatic nitrogens is 2. The van der Waals surface area contributed by atoms with Gasteiger partial charge in [-0.15, -0.1) is 0 Å². The molecule has 3 rings (SSSR count). The van der Waals surface area contributed by atoms with Crippen molar-refractivity contribution in [3.63, 3.8) is 0 Å². The van der Waals surface area contributed by atoms with Gasteiger partial charge in [-0.05, 0) is 62.7 Å². The van der Waals surface area contributed by atoms with E-state index in [1.807, 2.05) is 37.5 Å². The number of hydrazone groups is 1. The Labute approximate surface area is 177 Å². The van der Waals surface area contributed by atoms with Crippen LogP contribution in [-0.4, -0.2) is 28.8 Å². The first-order valence-electron chi connectivity index (χ1n) is 9.32. The van der Waals surface area contributed by atoms with Crippen molar-refractivity contribution in [1.29, 1.82) is 0 Å². The van der Waals surface area contributed by atoms with Gasteiger partial charge in [0, 0.05) is 28.8 Å². The molecule has 31 heavy (non-hydrogen) atoms. The van der Waals surface area contributed by atoms with Crippen LogP contribution in [0.25, 0.3) is 5.69 Å². The number of alkyl halides is 3. The highest BCUT2D eigenvalue weighted by Crippen LogP contribution is 2.29. The van der Waals surface area contributed by atoms with Crippen molar-refractivity contribution in [3.05, 3.63) is 76.2 Å². The van der Waals surface area contributed by atoms with Crippen LogP contribution in [0.3, 0.4) is 0 Å². The van der Waals surface area contributed by atoms with Gasteiger partial charge in [0.2, 0.25) is 0 Å². The number of carbonyl (C=O) groups excluding carboxylic acids is 1. The van der Waals surface area contributed by atoms with Crippen molar-refractivity contribution in [2.45, 2.75) is 26.9 Å². The second kappa shape index (κ2) is 8.63. The van der Waals surface area contributed by atoms with Gasteiger partial charge >= 0.3 is 12.1 Å². The lowest BCUT2D eigenvalue weighted by Gasteiger charge is -2.13. The number of esters is 1. The van der Waals surface area contributed by atoms with Crippen LogP contribution in [0.1, 0.15) is 38.4 Å². The number of aryl methyl sites for hydroxylation is 2. The molecular formula is C22H21F3N4O2. The monoisotopic (exact) mass is 430 g/mol. The number of nitrogens with one attached hydrogen (secondary N) is 1. The molecule has 1 aromatic carbocycles. The van der Waals surface area contributed by atoms with Gasteiger partial charge in [-0.3, -0.25) is 5.43 Å². The number of rotatable bonds is 5. The highest BCUT2D eigenvalue weighted by molar-refractivity contribution is 5.90. The Hall–Kier alpha value is -3.62. The van der Waals surface area contributed by atoms with E-state index in [0.29, 0.717) is 5.56 Å². The molecule has 0 radical (unpaired) electrons. The summed E-state index contributed by atoms with van der Waals surface area (Å²) >= 11 is 0. The van der Waals surface area contributed by atoms with Gasteiger partial charge in [-0.2, -0.15) is 18.3 Å². The molecule has 0 bridgehead atoms. The largest absolute Gasteiger partial charge is 0.465 e. The van der Waals surface area contributed by atoms with E-state index in [0.717, 1.165) is 40.5 Å². The predicted octanol–water partition coefficient (Wildman–Crippen LogP) is 5.05. The average Bonchev–Trinajstić information content (AvgIpc) is 3.00. The summed E-state index contributed by atoms with van der Waals surface area (Å²) in [6.45, 7) is 5.79. The summed E-state index contributed by atoms with van der Waals surface area (Å²) in [5, 5.41) is 4.09. The van der Waals surface area contributed by atoms with Crippen molar-refractivity contribution in [2.75, 3.05) is 12.5 Å². The summed E-state index contributed by atoms with van der Waals surface area (Å²) in [6, 6.07) is 9.43. The third-order valence-corrected chi connectivity index (χ3v) is 4.80. The van der Waals surface area contributed by atoms with Crippen molar-refractivity contribution >= 4 is 18.0 Å². The molecule has 1 N–H and O–H groups in total. The maximum Gasteiger partial charge on any atom is 0.417 e. The molecular weight excluding hydrogens is 409 g/mol. The Kier molecular flexibility index (Phi) is 6.14. The number of anilines is 1.